The molecule has 2 fully saturated rings. The highest BCUT2D eigenvalue weighted by molar-refractivity contribution is 5.76. The van der Waals surface area contributed by atoms with Crippen LogP contribution in [0.5, 0.6) is 0 Å². The van der Waals surface area contributed by atoms with Gasteiger partial charge in [-0.15, -0.1) is 0 Å². The molecular formula is C21H32N2O2. The van der Waals surface area contributed by atoms with E-state index >= 15 is 0 Å². The molecule has 0 aliphatic carbocycles. The minimum absolute atomic E-state index is 0.224. The SMILES string of the molecule is Cc1ccc(CCC(=O)N2CCC(O)(CN3CCCC3)CC2)cc1C. The van der Waals surface area contributed by atoms with Gasteiger partial charge in [-0.05, 0) is 75.7 Å². The number of carbonyl (C=O) groups excluding carboxylic acids is 1. The zero-order valence-electron chi connectivity index (χ0n) is 15.8. The van der Waals surface area contributed by atoms with E-state index < -0.39 is 5.60 Å². The minimum atomic E-state index is -0.602. The molecule has 25 heavy (non-hydrogen) atoms. The van der Waals surface area contributed by atoms with Gasteiger partial charge in [0.2, 0.25) is 5.91 Å². The fourth-order valence-corrected chi connectivity index (χ4v) is 4.06. The Morgan fingerprint density at radius 3 is 2.40 bits per heavy atom. The van der Waals surface area contributed by atoms with Crippen LogP contribution in [0.4, 0.5) is 0 Å². The zero-order valence-corrected chi connectivity index (χ0v) is 15.8. The molecule has 0 spiro atoms. The Morgan fingerprint density at radius 1 is 1.08 bits per heavy atom. The average Bonchev–Trinajstić information content (AvgIpc) is 3.08. The molecule has 0 radical (unpaired) electrons. The monoisotopic (exact) mass is 344 g/mol. The number of benzene rings is 1. The van der Waals surface area contributed by atoms with Gasteiger partial charge in [0.25, 0.3) is 0 Å². The minimum Gasteiger partial charge on any atom is -0.388 e. The highest BCUT2D eigenvalue weighted by atomic mass is 16.3. The van der Waals surface area contributed by atoms with Gasteiger partial charge in [0.1, 0.15) is 0 Å². The van der Waals surface area contributed by atoms with Crippen molar-refractivity contribution in [3.63, 3.8) is 0 Å². The number of piperidine rings is 1. The van der Waals surface area contributed by atoms with Crippen molar-refractivity contribution in [2.75, 3.05) is 32.7 Å². The summed E-state index contributed by atoms with van der Waals surface area (Å²) in [6, 6.07) is 6.45. The van der Waals surface area contributed by atoms with Gasteiger partial charge >= 0.3 is 0 Å². The third-order valence-corrected chi connectivity index (χ3v) is 5.96. The highest BCUT2D eigenvalue weighted by Gasteiger charge is 2.35. The van der Waals surface area contributed by atoms with Crippen molar-refractivity contribution < 1.29 is 9.90 Å². The van der Waals surface area contributed by atoms with Crippen LogP contribution in [0.2, 0.25) is 0 Å². The summed E-state index contributed by atoms with van der Waals surface area (Å²) < 4.78 is 0. The van der Waals surface area contributed by atoms with Gasteiger partial charge in [-0.3, -0.25) is 4.79 Å². The first-order chi connectivity index (χ1) is 12.0. The number of amides is 1. The zero-order chi connectivity index (χ0) is 17.9. The van der Waals surface area contributed by atoms with Crippen molar-refractivity contribution in [1.29, 1.82) is 0 Å². The molecule has 1 N–H and O–H groups in total. The Balaban J connectivity index is 1.45. The predicted molar refractivity (Wildman–Crippen MR) is 101 cm³/mol. The van der Waals surface area contributed by atoms with E-state index in [1.54, 1.807) is 0 Å². The number of hydrogen-bond donors (Lipinski definition) is 1. The van der Waals surface area contributed by atoms with Gasteiger partial charge in [-0.1, -0.05) is 18.2 Å². The maximum Gasteiger partial charge on any atom is 0.222 e. The molecule has 3 rings (SSSR count). The van der Waals surface area contributed by atoms with Crippen LogP contribution >= 0.6 is 0 Å². The van der Waals surface area contributed by atoms with Crippen molar-refractivity contribution >= 4 is 5.91 Å². The molecule has 2 saturated heterocycles. The summed E-state index contributed by atoms with van der Waals surface area (Å²) >= 11 is 0. The Kier molecular flexibility index (Phi) is 5.80. The molecular weight excluding hydrogens is 312 g/mol. The number of hydrogen-bond acceptors (Lipinski definition) is 3. The molecule has 0 bridgehead atoms. The van der Waals surface area contributed by atoms with Crippen LogP contribution in [-0.4, -0.2) is 59.1 Å². The second-order valence-corrected chi connectivity index (χ2v) is 8.01. The van der Waals surface area contributed by atoms with Crippen molar-refractivity contribution in [3.8, 4) is 0 Å². The van der Waals surface area contributed by atoms with E-state index in [9.17, 15) is 9.90 Å². The summed E-state index contributed by atoms with van der Waals surface area (Å²) in [4.78, 5) is 16.8. The standard InChI is InChI=1S/C21H32N2O2/c1-17-5-6-19(15-18(17)2)7-8-20(24)23-13-9-21(25,10-14-23)16-22-11-3-4-12-22/h5-6,15,25H,3-4,7-14,16H2,1-2H3. The lowest BCUT2D eigenvalue weighted by atomic mass is 9.90. The van der Waals surface area contributed by atoms with Crippen LogP contribution in [-0.2, 0) is 11.2 Å². The van der Waals surface area contributed by atoms with Crippen LogP contribution in [0, 0.1) is 13.8 Å². The first kappa shape index (κ1) is 18.4. The first-order valence-electron chi connectivity index (χ1n) is 9.74. The van der Waals surface area contributed by atoms with Crippen LogP contribution in [0.1, 0.15) is 48.8 Å². The molecule has 1 amide bonds. The molecule has 1 aromatic rings. The van der Waals surface area contributed by atoms with E-state index in [1.807, 2.05) is 4.90 Å². The number of β-amino-alcohol motifs (C(OH)–C–C–N with tert-alkyl or cyclic N) is 1. The van der Waals surface area contributed by atoms with Crippen LogP contribution in [0.25, 0.3) is 0 Å². The quantitative estimate of drug-likeness (QED) is 0.893. The van der Waals surface area contributed by atoms with E-state index in [4.69, 9.17) is 0 Å². The summed E-state index contributed by atoms with van der Waals surface area (Å²) in [6.45, 7) is 8.61. The Hall–Kier alpha value is -1.39. The Bertz CT molecular complexity index is 600. The summed E-state index contributed by atoms with van der Waals surface area (Å²) in [5.41, 5.74) is 3.21. The molecule has 0 atom stereocenters. The van der Waals surface area contributed by atoms with Crippen LogP contribution in [0.15, 0.2) is 18.2 Å². The molecule has 138 valence electrons. The molecule has 0 unspecified atom stereocenters. The molecule has 2 aliphatic heterocycles. The maximum absolute atomic E-state index is 12.5. The number of aliphatic hydroxyl groups is 1. The number of nitrogens with zero attached hydrogens (tertiary/aromatic N) is 2. The first-order valence-corrected chi connectivity index (χ1v) is 9.74. The lowest BCUT2D eigenvalue weighted by Crippen LogP contribution is -2.51. The van der Waals surface area contributed by atoms with Crippen molar-refractivity contribution in [3.05, 3.63) is 34.9 Å². The highest BCUT2D eigenvalue weighted by Crippen LogP contribution is 2.25. The second-order valence-electron chi connectivity index (χ2n) is 8.01. The van der Waals surface area contributed by atoms with Crippen molar-refractivity contribution in [1.82, 2.24) is 9.80 Å². The summed E-state index contributed by atoms with van der Waals surface area (Å²) in [7, 11) is 0. The normalized spacial score (nSPS) is 20.8. The van der Waals surface area contributed by atoms with Crippen molar-refractivity contribution in [2.24, 2.45) is 0 Å². The Morgan fingerprint density at radius 2 is 1.76 bits per heavy atom. The number of carbonyl (C=O) groups is 1. The predicted octanol–water partition coefficient (Wildman–Crippen LogP) is 2.69. The van der Waals surface area contributed by atoms with Gasteiger partial charge in [0, 0.05) is 26.1 Å². The Labute approximate surface area is 151 Å². The van der Waals surface area contributed by atoms with E-state index in [2.05, 4.69) is 36.9 Å². The van der Waals surface area contributed by atoms with Gasteiger partial charge in [0.15, 0.2) is 0 Å². The topological polar surface area (TPSA) is 43.8 Å². The van der Waals surface area contributed by atoms with Gasteiger partial charge < -0.3 is 14.9 Å². The lowest BCUT2D eigenvalue weighted by molar-refractivity contribution is -0.136. The van der Waals surface area contributed by atoms with E-state index in [-0.39, 0.29) is 5.91 Å². The third-order valence-electron chi connectivity index (χ3n) is 5.96. The average molecular weight is 344 g/mol. The molecule has 1 aromatic carbocycles. The number of aryl methyl sites for hydroxylation is 3. The summed E-state index contributed by atoms with van der Waals surface area (Å²) in [6.07, 6.45) is 5.28. The third kappa shape index (κ3) is 4.83. The number of rotatable bonds is 5. The van der Waals surface area contributed by atoms with Gasteiger partial charge in [0.05, 0.1) is 5.60 Å². The molecule has 4 nitrogen and oxygen atoms in total. The van der Waals surface area contributed by atoms with E-state index in [0.717, 1.165) is 26.1 Å². The van der Waals surface area contributed by atoms with Crippen LogP contribution in [0.3, 0.4) is 0 Å². The summed E-state index contributed by atoms with van der Waals surface area (Å²) in [5, 5.41) is 10.8. The molecule has 0 aromatic heterocycles. The lowest BCUT2D eigenvalue weighted by Gasteiger charge is -2.40. The molecule has 0 saturated carbocycles. The van der Waals surface area contributed by atoms with Crippen LogP contribution < -0.4 is 0 Å². The smallest absolute Gasteiger partial charge is 0.222 e. The van der Waals surface area contributed by atoms with Crippen molar-refractivity contribution in [2.45, 2.75) is 58.0 Å². The van der Waals surface area contributed by atoms with Gasteiger partial charge in [-0.25, -0.2) is 0 Å². The van der Waals surface area contributed by atoms with E-state index in [0.29, 0.717) is 32.4 Å². The van der Waals surface area contributed by atoms with Gasteiger partial charge in [-0.2, -0.15) is 0 Å². The summed E-state index contributed by atoms with van der Waals surface area (Å²) in [5.74, 6) is 0.224. The number of likely N-dealkylation sites (tertiary alicyclic amines) is 2. The largest absolute Gasteiger partial charge is 0.388 e. The second kappa shape index (κ2) is 7.88. The maximum atomic E-state index is 12.5. The molecule has 4 heteroatoms. The molecule has 2 aliphatic rings. The van der Waals surface area contributed by atoms with E-state index in [1.165, 1.54) is 29.5 Å². The fraction of sp³-hybridized carbons (Fsp3) is 0.667. The fourth-order valence-electron chi connectivity index (χ4n) is 4.06. The molecule has 2 heterocycles.